The molecule has 0 aliphatic carbocycles. The van der Waals surface area contributed by atoms with Crippen molar-refractivity contribution in [2.75, 3.05) is 19.0 Å². The first-order valence-corrected chi connectivity index (χ1v) is 8.52. The first-order valence-electron chi connectivity index (χ1n) is 8.52. The minimum Gasteiger partial charge on any atom is -0.493 e. The summed E-state index contributed by atoms with van der Waals surface area (Å²) < 4.78 is 28.9. The van der Waals surface area contributed by atoms with Crippen molar-refractivity contribution in [3.8, 4) is 11.5 Å². The fourth-order valence-corrected chi connectivity index (χ4v) is 2.19. The van der Waals surface area contributed by atoms with E-state index in [1.54, 1.807) is 12.1 Å². The van der Waals surface area contributed by atoms with Crippen LogP contribution in [0.25, 0.3) is 0 Å². The molecule has 27 heavy (non-hydrogen) atoms. The average molecular weight is 375 g/mol. The molecule has 0 unspecified atom stereocenters. The van der Waals surface area contributed by atoms with Crippen molar-refractivity contribution < 1.29 is 28.2 Å². The van der Waals surface area contributed by atoms with Gasteiger partial charge < -0.3 is 19.5 Å². The number of rotatable bonds is 8. The number of ether oxygens (including phenoxy) is 3. The van der Waals surface area contributed by atoms with Crippen LogP contribution >= 0.6 is 0 Å². The summed E-state index contributed by atoms with van der Waals surface area (Å²) in [5, 5.41) is 2.55. The molecule has 6 nitrogen and oxygen atoms in total. The summed E-state index contributed by atoms with van der Waals surface area (Å²) in [7, 11) is 1.47. The van der Waals surface area contributed by atoms with Crippen LogP contribution < -0.4 is 14.8 Å². The molecule has 0 radical (unpaired) electrons. The minimum atomic E-state index is -1.04. The summed E-state index contributed by atoms with van der Waals surface area (Å²) in [5.74, 6) is -0.672. The van der Waals surface area contributed by atoms with Crippen LogP contribution in [0.2, 0.25) is 0 Å². The van der Waals surface area contributed by atoms with Crippen LogP contribution in [0, 0.1) is 5.82 Å². The quantitative estimate of drug-likeness (QED) is 0.711. The van der Waals surface area contributed by atoms with E-state index in [4.69, 9.17) is 14.2 Å². The highest BCUT2D eigenvalue weighted by molar-refractivity contribution is 5.97. The molecule has 0 spiro atoms. The van der Waals surface area contributed by atoms with Gasteiger partial charge in [0.2, 0.25) is 0 Å². The van der Waals surface area contributed by atoms with Crippen molar-refractivity contribution in [3.63, 3.8) is 0 Å². The van der Waals surface area contributed by atoms with Gasteiger partial charge in [0.15, 0.2) is 17.6 Å². The van der Waals surface area contributed by atoms with Gasteiger partial charge in [-0.2, -0.15) is 0 Å². The van der Waals surface area contributed by atoms with Gasteiger partial charge in [-0.15, -0.1) is 0 Å². The smallest absolute Gasteiger partial charge is 0.339 e. The van der Waals surface area contributed by atoms with Crippen LogP contribution in [0.1, 0.15) is 30.6 Å². The lowest BCUT2D eigenvalue weighted by atomic mass is 10.2. The maximum atomic E-state index is 12.9. The van der Waals surface area contributed by atoms with Crippen molar-refractivity contribution >= 4 is 17.6 Å². The molecule has 0 aliphatic rings. The highest BCUT2D eigenvalue weighted by atomic mass is 19.1. The van der Waals surface area contributed by atoms with Crippen molar-refractivity contribution in [1.82, 2.24) is 0 Å². The van der Waals surface area contributed by atoms with Gasteiger partial charge in [-0.05, 0) is 55.8 Å². The van der Waals surface area contributed by atoms with Gasteiger partial charge in [0.05, 0.1) is 19.3 Å². The Hall–Kier alpha value is -3.09. The first kappa shape index (κ1) is 20.2. The third-order valence-electron chi connectivity index (χ3n) is 3.63. The monoisotopic (exact) mass is 375 g/mol. The van der Waals surface area contributed by atoms with Crippen LogP contribution in [0.5, 0.6) is 11.5 Å². The highest BCUT2D eigenvalue weighted by Gasteiger charge is 2.20. The molecule has 0 aliphatic heterocycles. The molecule has 2 aromatic rings. The van der Waals surface area contributed by atoms with E-state index in [0.29, 0.717) is 23.8 Å². The van der Waals surface area contributed by atoms with E-state index < -0.39 is 23.8 Å². The predicted octanol–water partition coefficient (Wildman–Crippen LogP) is 3.81. The van der Waals surface area contributed by atoms with Gasteiger partial charge in [-0.3, -0.25) is 4.79 Å². The number of hydrogen-bond acceptors (Lipinski definition) is 5. The lowest BCUT2D eigenvalue weighted by molar-refractivity contribution is -0.123. The molecule has 1 atom stereocenters. The number of amides is 1. The Balaban J connectivity index is 2.00. The molecular weight excluding hydrogens is 353 g/mol. The Morgan fingerprint density at radius 3 is 2.44 bits per heavy atom. The van der Waals surface area contributed by atoms with E-state index in [1.807, 2.05) is 6.92 Å². The zero-order chi connectivity index (χ0) is 19.8. The third kappa shape index (κ3) is 5.70. The molecule has 2 aromatic carbocycles. The molecule has 0 fully saturated rings. The lowest BCUT2D eigenvalue weighted by Gasteiger charge is -2.15. The standard InChI is InChI=1S/C20H22FNO5/c1-4-11-26-17-10-5-14(12-18(17)25-3)20(24)27-13(2)19(23)22-16-8-6-15(21)7-9-16/h5-10,12-13H,4,11H2,1-3H3,(H,22,23)/t13-/m0/s1. The normalized spacial score (nSPS) is 11.4. The molecule has 1 amide bonds. The molecule has 0 saturated heterocycles. The van der Waals surface area contributed by atoms with Crippen LogP contribution in [0.3, 0.4) is 0 Å². The predicted molar refractivity (Wildman–Crippen MR) is 98.7 cm³/mol. The summed E-state index contributed by atoms with van der Waals surface area (Å²) in [6, 6.07) is 9.94. The summed E-state index contributed by atoms with van der Waals surface area (Å²) >= 11 is 0. The van der Waals surface area contributed by atoms with Crippen molar-refractivity contribution in [2.45, 2.75) is 26.4 Å². The zero-order valence-electron chi connectivity index (χ0n) is 15.5. The molecule has 0 bridgehead atoms. The topological polar surface area (TPSA) is 73.9 Å². The van der Waals surface area contributed by atoms with E-state index in [1.165, 1.54) is 44.4 Å². The molecule has 0 heterocycles. The SMILES string of the molecule is CCCOc1ccc(C(=O)O[C@@H](C)C(=O)Nc2ccc(F)cc2)cc1OC. The fourth-order valence-electron chi connectivity index (χ4n) is 2.19. The Labute approximate surface area is 157 Å². The number of halogens is 1. The fraction of sp³-hybridized carbons (Fsp3) is 0.300. The first-order chi connectivity index (χ1) is 12.9. The molecule has 0 aromatic heterocycles. The van der Waals surface area contributed by atoms with Gasteiger partial charge >= 0.3 is 5.97 Å². The second-order valence-electron chi connectivity index (χ2n) is 5.76. The third-order valence-corrected chi connectivity index (χ3v) is 3.63. The van der Waals surface area contributed by atoms with Crippen LogP contribution in [-0.4, -0.2) is 31.7 Å². The van der Waals surface area contributed by atoms with Crippen LogP contribution in [0.15, 0.2) is 42.5 Å². The minimum absolute atomic E-state index is 0.233. The van der Waals surface area contributed by atoms with Crippen molar-refractivity contribution in [2.24, 2.45) is 0 Å². The number of carbonyl (C=O) groups is 2. The maximum absolute atomic E-state index is 12.9. The molecular formula is C20H22FNO5. The van der Waals surface area contributed by atoms with Gasteiger partial charge in [-0.25, -0.2) is 9.18 Å². The molecule has 1 N–H and O–H groups in total. The molecule has 7 heteroatoms. The van der Waals surface area contributed by atoms with Crippen molar-refractivity contribution in [1.29, 1.82) is 0 Å². The van der Waals surface area contributed by atoms with Crippen molar-refractivity contribution in [3.05, 3.63) is 53.8 Å². The number of methoxy groups -OCH3 is 1. The number of nitrogens with one attached hydrogen (secondary N) is 1. The average Bonchev–Trinajstić information content (AvgIpc) is 2.67. The molecule has 2 rings (SSSR count). The Bertz CT molecular complexity index is 791. The summed E-state index contributed by atoms with van der Waals surface area (Å²) in [5.41, 5.74) is 0.639. The van der Waals surface area contributed by atoms with E-state index in [9.17, 15) is 14.0 Å². The second kappa shape index (κ2) is 9.56. The van der Waals surface area contributed by atoms with Gasteiger partial charge in [0.25, 0.3) is 5.91 Å². The van der Waals surface area contributed by atoms with Crippen LogP contribution in [0.4, 0.5) is 10.1 Å². The number of carbonyl (C=O) groups excluding carboxylic acids is 2. The summed E-state index contributed by atoms with van der Waals surface area (Å²) in [6.07, 6.45) is -0.197. The lowest BCUT2D eigenvalue weighted by Crippen LogP contribution is -2.30. The second-order valence-corrected chi connectivity index (χ2v) is 5.76. The zero-order valence-corrected chi connectivity index (χ0v) is 15.5. The number of anilines is 1. The van der Waals surface area contributed by atoms with E-state index in [2.05, 4.69) is 5.32 Å². The van der Waals surface area contributed by atoms with Gasteiger partial charge in [-0.1, -0.05) is 6.92 Å². The number of hydrogen-bond donors (Lipinski definition) is 1. The molecule has 144 valence electrons. The Morgan fingerprint density at radius 2 is 1.81 bits per heavy atom. The summed E-state index contributed by atoms with van der Waals surface area (Å²) in [6.45, 7) is 3.96. The number of benzene rings is 2. The van der Waals surface area contributed by atoms with Gasteiger partial charge in [0.1, 0.15) is 5.82 Å². The highest BCUT2D eigenvalue weighted by Crippen LogP contribution is 2.28. The van der Waals surface area contributed by atoms with E-state index in [0.717, 1.165) is 6.42 Å². The van der Waals surface area contributed by atoms with Gasteiger partial charge in [0, 0.05) is 5.69 Å². The molecule has 0 saturated carbocycles. The van der Waals surface area contributed by atoms with Crippen LogP contribution in [-0.2, 0) is 9.53 Å². The van der Waals surface area contributed by atoms with E-state index in [-0.39, 0.29) is 5.56 Å². The summed E-state index contributed by atoms with van der Waals surface area (Å²) in [4.78, 5) is 24.4. The largest absolute Gasteiger partial charge is 0.493 e. The Morgan fingerprint density at radius 1 is 1.11 bits per heavy atom. The maximum Gasteiger partial charge on any atom is 0.339 e. The van der Waals surface area contributed by atoms with E-state index >= 15 is 0 Å². The Kier molecular flexibility index (Phi) is 7.16. The number of esters is 1.